The predicted molar refractivity (Wildman–Crippen MR) is 75.2 cm³/mol. The fraction of sp³-hybridized carbons (Fsp3) is 0.600. The van der Waals surface area contributed by atoms with Gasteiger partial charge < -0.3 is 0 Å². The van der Waals surface area contributed by atoms with Crippen LogP contribution in [0.2, 0.25) is 0 Å². The van der Waals surface area contributed by atoms with Crippen LogP contribution in [0, 0.1) is 23.4 Å². The molecule has 1 aromatic carbocycles. The Kier molecular flexibility index (Phi) is 4.20. The normalized spacial score (nSPS) is 26.7. The first-order valence-electron chi connectivity index (χ1n) is 7.58. The van der Waals surface area contributed by atoms with Crippen LogP contribution in [-0.4, -0.2) is 25.3 Å². The van der Waals surface area contributed by atoms with Gasteiger partial charge in [0.25, 0.3) is 0 Å². The zero-order chi connectivity index (χ0) is 15.9. The third kappa shape index (κ3) is 2.54. The van der Waals surface area contributed by atoms with Gasteiger partial charge in [0.05, 0.1) is 0 Å². The minimum Gasteiger partial charge on any atom is -0.207 e. The zero-order valence-corrected chi connectivity index (χ0v) is 12.9. The van der Waals surface area contributed by atoms with Crippen LogP contribution >= 0.6 is 0 Å². The van der Waals surface area contributed by atoms with Crippen LogP contribution < -0.4 is 0 Å². The molecule has 1 heterocycles. The summed E-state index contributed by atoms with van der Waals surface area (Å²) in [7, 11) is -4.15. The Hall–Kier alpha value is -1.08. The fourth-order valence-electron chi connectivity index (χ4n) is 3.71. The summed E-state index contributed by atoms with van der Waals surface area (Å²) in [5.74, 6) is -4.47. The van der Waals surface area contributed by atoms with E-state index in [9.17, 15) is 21.6 Å². The summed E-state index contributed by atoms with van der Waals surface area (Å²) in [6.45, 7) is 0.307. The molecule has 0 N–H and O–H groups in total. The van der Waals surface area contributed by atoms with Crippen molar-refractivity contribution in [2.75, 3.05) is 6.54 Å². The molecule has 2 atom stereocenters. The van der Waals surface area contributed by atoms with E-state index in [1.54, 1.807) is 0 Å². The molecule has 0 spiro atoms. The van der Waals surface area contributed by atoms with Crippen molar-refractivity contribution in [1.29, 1.82) is 0 Å². The Morgan fingerprint density at radius 2 is 1.64 bits per heavy atom. The first kappa shape index (κ1) is 15.8. The van der Waals surface area contributed by atoms with E-state index >= 15 is 0 Å². The second kappa shape index (κ2) is 5.85. The van der Waals surface area contributed by atoms with E-state index < -0.39 is 32.4 Å². The highest BCUT2D eigenvalue weighted by Gasteiger charge is 2.41. The third-order valence-corrected chi connectivity index (χ3v) is 6.72. The number of fused-ring (bicyclic) bond motifs is 1. The van der Waals surface area contributed by atoms with E-state index in [1.807, 2.05) is 0 Å². The number of hydrogen-bond donors (Lipinski definition) is 0. The van der Waals surface area contributed by atoms with E-state index in [4.69, 9.17) is 0 Å². The summed E-state index contributed by atoms with van der Waals surface area (Å²) in [6, 6.07) is 1.32. The minimum atomic E-state index is -4.15. The van der Waals surface area contributed by atoms with Gasteiger partial charge in [-0.05, 0) is 43.7 Å². The van der Waals surface area contributed by atoms with Crippen LogP contribution in [0.5, 0.6) is 0 Å². The molecule has 2 aliphatic rings. The smallest absolute Gasteiger partial charge is 0.207 e. The largest absolute Gasteiger partial charge is 0.246 e. The van der Waals surface area contributed by atoms with Gasteiger partial charge in [-0.1, -0.05) is 12.8 Å². The van der Waals surface area contributed by atoms with Crippen LogP contribution in [-0.2, 0) is 10.0 Å². The van der Waals surface area contributed by atoms with E-state index in [2.05, 4.69) is 0 Å². The van der Waals surface area contributed by atoms with Crippen molar-refractivity contribution in [3.05, 3.63) is 29.6 Å². The second-order valence-corrected chi connectivity index (χ2v) is 7.90. The molecule has 0 aromatic heterocycles. The van der Waals surface area contributed by atoms with E-state index in [-0.39, 0.29) is 12.0 Å². The number of hydrogen-bond acceptors (Lipinski definition) is 2. The molecule has 0 radical (unpaired) electrons. The zero-order valence-electron chi connectivity index (χ0n) is 12.1. The quantitative estimate of drug-likeness (QED) is 0.778. The minimum absolute atomic E-state index is 0.153. The van der Waals surface area contributed by atoms with Gasteiger partial charge in [-0.15, -0.1) is 0 Å². The van der Waals surface area contributed by atoms with Gasteiger partial charge in [-0.2, -0.15) is 4.31 Å². The van der Waals surface area contributed by atoms with Crippen LogP contribution in [0.1, 0.15) is 38.5 Å². The molecular weight excluding hydrogens is 315 g/mol. The highest BCUT2D eigenvalue weighted by Crippen LogP contribution is 2.38. The molecule has 1 aliphatic carbocycles. The lowest BCUT2D eigenvalue weighted by Crippen LogP contribution is -2.49. The molecular formula is C15H18F3NO2S. The van der Waals surface area contributed by atoms with Crippen molar-refractivity contribution in [3.63, 3.8) is 0 Å². The third-order valence-electron chi connectivity index (χ3n) is 4.78. The van der Waals surface area contributed by atoms with Gasteiger partial charge in [0.15, 0.2) is 17.5 Å². The molecule has 1 saturated carbocycles. The van der Waals surface area contributed by atoms with Crippen molar-refractivity contribution in [2.24, 2.45) is 5.92 Å². The van der Waals surface area contributed by atoms with Gasteiger partial charge in [0, 0.05) is 12.6 Å². The number of sulfonamides is 1. The molecule has 7 heteroatoms. The molecule has 3 nitrogen and oxygen atoms in total. The standard InChI is InChI=1S/C15H18F3NO2S/c16-11-7-8-13(15(18)14(11)17)22(20,21)19-9-3-5-10-4-1-2-6-12(10)19/h7-8,10,12H,1-6,9H2/t10-,12+/m1/s1. The SMILES string of the molecule is O=S(=O)(c1ccc(F)c(F)c1F)N1CCC[C@H]2CCCC[C@@H]21. The van der Waals surface area contributed by atoms with Gasteiger partial charge in [-0.3, -0.25) is 0 Å². The summed E-state index contributed by atoms with van der Waals surface area (Å²) in [5.41, 5.74) is 0. The maximum Gasteiger partial charge on any atom is 0.246 e. The number of nitrogens with zero attached hydrogens (tertiary/aromatic N) is 1. The van der Waals surface area contributed by atoms with Crippen molar-refractivity contribution in [1.82, 2.24) is 4.31 Å². The molecule has 3 rings (SSSR count). The molecule has 1 aromatic rings. The second-order valence-electron chi connectivity index (χ2n) is 6.04. The van der Waals surface area contributed by atoms with Gasteiger partial charge in [0.2, 0.25) is 10.0 Å². The lowest BCUT2D eigenvalue weighted by Gasteiger charge is -2.43. The molecule has 1 saturated heterocycles. The molecule has 1 aliphatic heterocycles. The van der Waals surface area contributed by atoms with Crippen LogP contribution in [0.3, 0.4) is 0 Å². The van der Waals surface area contributed by atoms with Gasteiger partial charge >= 0.3 is 0 Å². The Labute approximate surface area is 128 Å². The first-order valence-corrected chi connectivity index (χ1v) is 9.02. The number of halogens is 3. The number of piperidine rings is 1. The topological polar surface area (TPSA) is 37.4 Å². The predicted octanol–water partition coefficient (Wildman–Crippen LogP) is 3.45. The van der Waals surface area contributed by atoms with Gasteiger partial charge in [-0.25, -0.2) is 21.6 Å². The van der Waals surface area contributed by atoms with Crippen LogP contribution in [0.15, 0.2) is 17.0 Å². The average Bonchev–Trinajstić information content (AvgIpc) is 2.52. The van der Waals surface area contributed by atoms with E-state index in [0.29, 0.717) is 19.0 Å². The lowest BCUT2D eigenvalue weighted by molar-refractivity contribution is 0.128. The summed E-state index contributed by atoms with van der Waals surface area (Å²) < 4.78 is 67.1. The highest BCUT2D eigenvalue weighted by molar-refractivity contribution is 7.89. The number of benzene rings is 1. The molecule has 0 amide bonds. The van der Waals surface area contributed by atoms with Crippen molar-refractivity contribution in [2.45, 2.75) is 49.5 Å². The Balaban J connectivity index is 2.00. The van der Waals surface area contributed by atoms with E-state index in [0.717, 1.165) is 38.2 Å². The molecule has 22 heavy (non-hydrogen) atoms. The van der Waals surface area contributed by atoms with Crippen molar-refractivity contribution >= 4 is 10.0 Å². The summed E-state index contributed by atoms with van der Waals surface area (Å²) in [4.78, 5) is -0.766. The Bertz CT molecular complexity index is 676. The molecule has 122 valence electrons. The first-order chi connectivity index (χ1) is 10.4. The average molecular weight is 333 g/mol. The molecule has 0 bridgehead atoms. The molecule has 2 fully saturated rings. The van der Waals surface area contributed by atoms with Crippen molar-refractivity contribution in [3.8, 4) is 0 Å². The summed E-state index contributed by atoms with van der Waals surface area (Å²) >= 11 is 0. The summed E-state index contributed by atoms with van der Waals surface area (Å²) in [6.07, 6.45) is 5.41. The number of rotatable bonds is 2. The summed E-state index contributed by atoms with van der Waals surface area (Å²) in [5, 5.41) is 0. The van der Waals surface area contributed by atoms with Gasteiger partial charge in [0.1, 0.15) is 4.90 Å². The Morgan fingerprint density at radius 1 is 0.955 bits per heavy atom. The molecule has 0 unspecified atom stereocenters. The fourth-order valence-corrected chi connectivity index (χ4v) is 5.52. The van der Waals surface area contributed by atoms with Crippen LogP contribution in [0.4, 0.5) is 13.2 Å². The Morgan fingerprint density at radius 3 is 2.41 bits per heavy atom. The van der Waals surface area contributed by atoms with E-state index in [1.165, 1.54) is 4.31 Å². The lowest BCUT2D eigenvalue weighted by atomic mass is 9.79. The van der Waals surface area contributed by atoms with Crippen LogP contribution in [0.25, 0.3) is 0 Å². The highest BCUT2D eigenvalue weighted by atomic mass is 32.2. The van der Waals surface area contributed by atoms with Crippen molar-refractivity contribution < 1.29 is 21.6 Å². The maximum atomic E-state index is 13.9. The maximum absolute atomic E-state index is 13.9. The monoisotopic (exact) mass is 333 g/mol.